The molecule has 6 heteroatoms. The number of aromatic nitrogens is 3. The van der Waals surface area contributed by atoms with Crippen molar-refractivity contribution in [2.75, 3.05) is 0 Å². The molecule has 0 saturated carbocycles. The molecule has 1 amide bonds. The third-order valence-electron chi connectivity index (χ3n) is 2.46. The van der Waals surface area contributed by atoms with Gasteiger partial charge in [0, 0.05) is 7.05 Å². The van der Waals surface area contributed by atoms with Crippen LogP contribution in [0, 0.1) is 0 Å². The molecule has 2 aromatic heterocycles. The summed E-state index contributed by atoms with van der Waals surface area (Å²) >= 11 is 1.59. The highest BCUT2D eigenvalue weighted by Crippen LogP contribution is 2.09. The van der Waals surface area contributed by atoms with Crippen molar-refractivity contribution in [1.29, 1.82) is 0 Å². The van der Waals surface area contributed by atoms with Crippen molar-refractivity contribution in [3.05, 3.63) is 34.5 Å². The second-order valence-electron chi connectivity index (χ2n) is 3.84. The van der Waals surface area contributed by atoms with Crippen LogP contribution in [0.3, 0.4) is 0 Å². The Hall–Kier alpha value is -1.69. The molecule has 0 spiro atoms. The van der Waals surface area contributed by atoms with Gasteiger partial charge in [-0.25, -0.2) is 4.98 Å². The van der Waals surface area contributed by atoms with Gasteiger partial charge in [-0.1, -0.05) is 0 Å². The Bertz CT molecular complexity index is 491. The average molecular weight is 250 g/mol. The summed E-state index contributed by atoms with van der Waals surface area (Å²) in [5.74, 6) is 0.752. The molecule has 17 heavy (non-hydrogen) atoms. The summed E-state index contributed by atoms with van der Waals surface area (Å²) in [6, 6.07) is 1.82. The van der Waals surface area contributed by atoms with Gasteiger partial charge in [-0.15, -0.1) is 0 Å². The van der Waals surface area contributed by atoms with Gasteiger partial charge in [-0.05, 0) is 29.3 Å². The zero-order chi connectivity index (χ0) is 12.3. The first-order chi connectivity index (χ1) is 8.16. The zero-order valence-electron chi connectivity index (χ0n) is 9.75. The molecule has 0 aliphatic rings. The molecular formula is C11H14N4OS. The van der Waals surface area contributed by atoms with E-state index in [1.54, 1.807) is 16.0 Å². The van der Waals surface area contributed by atoms with E-state index >= 15 is 0 Å². The lowest BCUT2D eigenvalue weighted by Gasteiger charge is -2.12. The summed E-state index contributed by atoms with van der Waals surface area (Å²) in [6.07, 6.45) is 1.89. The number of hydrogen-bond acceptors (Lipinski definition) is 4. The molecule has 0 unspecified atom stereocenters. The first-order valence-electron chi connectivity index (χ1n) is 5.31. The van der Waals surface area contributed by atoms with E-state index in [1.807, 2.05) is 30.8 Å². The van der Waals surface area contributed by atoms with Gasteiger partial charge in [-0.2, -0.15) is 16.4 Å². The molecule has 2 rings (SSSR count). The van der Waals surface area contributed by atoms with E-state index in [0.29, 0.717) is 6.42 Å². The summed E-state index contributed by atoms with van der Waals surface area (Å²) in [5, 5.41) is 10.8. The lowest BCUT2D eigenvalue weighted by Crippen LogP contribution is -2.29. The zero-order valence-corrected chi connectivity index (χ0v) is 10.6. The molecule has 0 aliphatic carbocycles. The van der Waals surface area contributed by atoms with Crippen molar-refractivity contribution in [3.63, 3.8) is 0 Å². The second kappa shape index (κ2) is 5.09. The third kappa shape index (κ3) is 2.91. The summed E-state index contributed by atoms with van der Waals surface area (Å²) in [5.41, 5.74) is 1.04. The second-order valence-corrected chi connectivity index (χ2v) is 4.62. The number of thiophene rings is 1. The summed E-state index contributed by atoms with van der Waals surface area (Å²) < 4.78 is 1.66. The minimum atomic E-state index is -0.131. The SMILES string of the molecule is C[C@H](NC(=O)Cc1ccsc1)c1ncnn1C. The van der Waals surface area contributed by atoms with Crippen LogP contribution < -0.4 is 5.32 Å². The van der Waals surface area contributed by atoms with Crippen LogP contribution in [-0.2, 0) is 18.3 Å². The summed E-state index contributed by atoms with van der Waals surface area (Å²) in [4.78, 5) is 15.9. The molecule has 0 radical (unpaired) electrons. The van der Waals surface area contributed by atoms with Gasteiger partial charge >= 0.3 is 0 Å². The molecule has 0 bridgehead atoms. The van der Waals surface area contributed by atoms with E-state index in [2.05, 4.69) is 15.4 Å². The van der Waals surface area contributed by atoms with Gasteiger partial charge in [0.1, 0.15) is 12.2 Å². The summed E-state index contributed by atoms with van der Waals surface area (Å²) in [6.45, 7) is 1.90. The molecule has 0 aromatic carbocycles. The number of amides is 1. The van der Waals surface area contributed by atoms with Crippen LogP contribution in [0.25, 0.3) is 0 Å². The van der Waals surface area contributed by atoms with Gasteiger partial charge in [-0.3, -0.25) is 9.48 Å². The fraction of sp³-hybridized carbons (Fsp3) is 0.364. The maximum absolute atomic E-state index is 11.8. The van der Waals surface area contributed by atoms with Crippen LogP contribution in [0.4, 0.5) is 0 Å². The molecular weight excluding hydrogens is 236 g/mol. The van der Waals surface area contributed by atoms with Crippen LogP contribution in [0.2, 0.25) is 0 Å². The van der Waals surface area contributed by atoms with Gasteiger partial charge in [0.05, 0.1) is 12.5 Å². The standard InChI is InChI=1S/C11H14N4OS/c1-8(11-12-7-13-15(11)2)14-10(16)5-9-3-4-17-6-9/h3-4,6-8H,5H2,1-2H3,(H,14,16)/t8-/m0/s1. The van der Waals surface area contributed by atoms with Gasteiger partial charge in [0.2, 0.25) is 5.91 Å². The Labute approximate surface area is 103 Å². The fourth-order valence-electron chi connectivity index (χ4n) is 1.63. The number of nitrogens with one attached hydrogen (secondary N) is 1. The maximum Gasteiger partial charge on any atom is 0.225 e. The molecule has 1 atom stereocenters. The highest BCUT2D eigenvalue weighted by Gasteiger charge is 2.14. The van der Waals surface area contributed by atoms with Crippen molar-refractivity contribution < 1.29 is 4.79 Å². The Morgan fingerprint density at radius 2 is 2.47 bits per heavy atom. The highest BCUT2D eigenvalue weighted by atomic mass is 32.1. The number of carbonyl (C=O) groups excluding carboxylic acids is 1. The average Bonchev–Trinajstić information content (AvgIpc) is 2.88. The van der Waals surface area contributed by atoms with Crippen LogP contribution in [0.15, 0.2) is 23.2 Å². The molecule has 90 valence electrons. The molecule has 1 N–H and O–H groups in total. The van der Waals surface area contributed by atoms with Crippen LogP contribution >= 0.6 is 11.3 Å². The first kappa shape index (κ1) is 11.8. The van der Waals surface area contributed by atoms with Crippen molar-refractivity contribution in [2.45, 2.75) is 19.4 Å². The third-order valence-corrected chi connectivity index (χ3v) is 3.19. The van der Waals surface area contributed by atoms with E-state index in [9.17, 15) is 4.79 Å². The maximum atomic E-state index is 11.8. The predicted octanol–water partition coefficient (Wildman–Crippen LogP) is 1.30. The van der Waals surface area contributed by atoms with Gasteiger partial charge < -0.3 is 5.32 Å². The van der Waals surface area contributed by atoms with Gasteiger partial charge in [0.15, 0.2) is 0 Å². The minimum absolute atomic E-state index is 0.00102. The lowest BCUT2D eigenvalue weighted by molar-refractivity contribution is -0.121. The topological polar surface area (TPSA) is 59.8 Å². The van der Waals surface area contributed by atoms with Crippen LogP contribution in [-0.4, -0.2) is 20.7 Å². The molecule has 0 aliphatic heterocycles. The van der Waals surface area contributed by atoms with Crippen LogP contribution in [0.5, 0.6) is 0 Å². The Morgan fingerprint density at radius 3 is 3.06 bits per heavy atom. The Morgan fingerprint density at radius 1 is 1.65 bits per heavy atom. The fourth-order valence-corrected chi connectivity index (χ4v) is 2.30. The largest absolute Gasteiger partial charge is 0.346 e. The number of rotatable bonds is 4. The van der Waals surface area contributed by atoms with Crippen molar-refractivity contribution in [1.82, 2.24) is 20.1 Å². The van der Waals surface area contributed by atoms with Crippen molar-refractivity contribution in [2.24, 2.45) is 7.05 Å². The molecule has 2 aromatic rings. The van der Waals surface area contributed by atoms with E-state index in [0.717, 1.165) is 11.4 Å². The van der Waals surface area contributed by atoms with Gasteiger partial charge in [0.25, 0.3) is 0 Å². The highest BCUT2D eigenvalue weighted by molar-refractivity contribution is 7.07. The Kier molecular flexibility index (Phi) is 3.53. The normalized spacial score (nSPS) is 12.4. The smallest absolute Gasteiger partial charge is 0.225 e. The van der Waals surface area contributed by atoms with E-state index in [1.165, 1.54) is 6.33 Å². The number of hydrogen-bond donors (Lipinski definition) is 1. The minimum Gasteiger partial charge on any atom is -0.346 e. The lowest BCUT2D eigenvalue weighted by atomic mass is 10.2. The molecule has 5 nitrogen and oxygen atoms in total. The van der Waals surface area contributed by atoms with E-state index in [4.69, 9.17) is 0 Å². The monoisotopic (exact) mass is 250 g/mol. The molecule has 0 saturated heterocycles. The first-order valence-corrected chi connectivity index (χ1v) is 6.25. The van der Waals surface area contributed by atoms with Crippen molar-refractivity contribution >= 4 is 17.2 Å². The number of aryl methyl sites for hydroxylation is 1. The number of carbonyl (C=O) groups is 1. The summed E-state index contributed by atoms with van der Waals surface area (Å²) in [7, 11) is 1.81. The van der Waals surface area contributed by atoms with E-state index in [-0.39, 0.29) is 11.9 Å². The van der Waals surface area contributed by atoms with E-state index < -0.39 is 0 Å². The Balaban J connectivity index is 1.93. The molecule has 0 fully saturated rings. The molecule has 2 heterocycles. The number of nitrogens with zero attached hydrogens (tertiary/aromatic N) is 3. The quantitative estimate of drug-likeness (QED) is 0.889. The van der Waals surface area contributed by atoms with Crippen LogP contribution in [0.1, 0.15) is 24.4 Å². The predicted molar refractivity (Wildman–Crippen MR) is 65.6 cm³/mol. The van der Waals surface area contributed by atoms with Crippen molar-refractivity contribution in [3.8, 4) is 0 Å².